The monoisotopic (exact) mass is 267 g/mol. The van der Waals surface area contributed by atoms with E-state index in [4.69, 9.17) is 5.73 Å². The Morgan fingerprint density at radius 1 is 1.47 bits per heavy atom. The summed E-state index contributed by atoms with van der Waals surface area (Å²) in [7, 11) is 0. The van der Waals surface area contributed by atoms with Crippen LogP contribution in [0.1, 0.15) is 20.3 Å². The molecule has 1 aromatic heterocycles. The second kappa shape index (κ2) is 6.94. The van der Waals surface area contributed by atoms with Gasteiger partial charge >= 0.3 is 0 Å². The minimum atomic E-state index is -0.568. The van der Waals surface area contributed by atoms with Crippen molar-refractivity contribution in [2.24, 2.45) is 5.92 Å². The Kier molecular flexibility index (Phi) is 5.57. The number of pyridine rings is 1. The smallest absolute Gasteiger partial charge is 0.251 e. The van der Waals surface area contributed by atoms with Gasteiger partial charge in [0.25, 0.3) is 5.56 Å². The average molecular weight is 267 g/mol. The first-order chi connectivity index (χ1) is 8.88. The van der Waals surface area contributed by atoms with E-state index in [0.29, 0.717) is 18.0 Å². The molecule has 19 heavy (non-hydrogen) atoms. The number of nitrogens with zero attached hydrogens (tertiary/aromatic N) is 1. The molecule has 0 radical (unpaired) electrons. The number of hydrogen-bond donors (Lipinski definition) is 3. The second-order valence-electron chi connectivity index (χ2n) is 5.02. The first-order valence-electron chi connectivity index (χ1n) is 6.29. The quantitative estimate of drug-likeness (QED) is 0.673. The van der Waals surface area contributed by atoms with E-state index in [1.165, 1.54) is 22.9 Å². The summed E-state index contributed by atoms with van der Waals surface area (Å²) in [5, 5.41) is 12.2. The van der Waals surface area contributed by atoms with Crippen LogP contribution in [0.15, 0.2) is 23.1 Å². The van der Waals surface area contributed by atoms with Gasteiger partial charge in [-0.15, -0.1) is 0 Å². The fourth-order valence-electron chi connectivity index (χ4n) is 1.74. The Balaban J connectivity index is 2.47. The number of aliphatic hydroxyl groups excluding tert-OH is 1. The molecule has 6 nitrogen and oxygen atoms in total. The van der Waals surface area contributed by atoms with E-state index in [1.807, 2.05) is 13.8 Å². The van der Waals surface area contributed by atoms with Crippen molar-refractivity contribution in [3.05, 3.63) is 28.7 Å². The lowest BCUT2D eigenvalue weighted by atomic mass is 10.1. The summed E-state index contributed by atoms with van der Waals surface area (Å²) in [6.45, 7) is 4.08. The van der Waals surface area contributed by atoms with Crippen LogP contribution in [-0.4, -0.2) is 28.2 Å². The molecule has 0 saturated heterocycles. The highest BCUT2D eigenvalue weighted by Crippen LogP contribution is 2.03. The van der Waals surface area contributed by atoms with Crippen molar-refractivity contribution < 1.29 is 9.90 Å². The van der Waals surface area contributed by atoms with Crippen molar-refractivity contribution in [2.75, 3.05) is 12.3 Å². The molecule has 1 atom stereocenters. The van der Waals surface area contributed by atoms with Gasteiger partial charge < -0.3 is 20.7 Å². The molecule has 1 rings (SSSR count). The lowest BCUT2D eigenvalue weighted by molar-refractivity contribution is -0.122. The number of aromatic nitrogens is 1. The van der Waals surface area contributed by atoms with Gasteiger partial charge in [-0.25, -0.2) is 0 Å². The summed E-state index contributed by atoms with van der Waals surface area (Å²) in [5.74, 6) is 0.0407. The number of nitrogen functional groups attached to an aromatic ring is 1. The molecule has 0 aromatic carbocycles. The standard InChI is InChI=1S/C13H21N3O3/c1-9(2)5-11(17)6-15-12(18)8-16-7-10(14)3-4-13(16)19/h3-4,7,9,11,17H,5-6,8,14H2,1-2H3,(H,15,18). The van der Waals surface area contributed by atoms with Crippen LogP contribution in [0, 0.1) is 5.92 Å². The normalized spacial score (nSPS) is 12.4. The van der Waals surface area contributed by atoms with E-state index in [-0.39, 0.29) is 24.6 Å². The maximum atomic E-state index is 11.6. The molecule has 0 aliphatic heterocycles. The van der Waals surface area contributed by atoms with Gasteiger partial charge in [-0.05, 0) is 18.4 Å². The van der Waals surface area contributed by atoms with Crippen LogP contribution in [0.2, 0.25) is 0 Å². The first-order valence-corrected chi connectivity index (χ1v) is 6.29. The molecule has 1 heterocycles. The second-order valence-corrected chi connectivity index (χ2v) is 5.02. The van der Waals surface area contributed by atoms with E-state index in [0.717, 1.165) is 0 Å². The third-order valence-corrected chi connectivity index (χ3v) is 2.60. The average Bonchev–Trinajstić information content (AvgIpc) is 2.30. The number of anilines is 1. The molecule has 0 fully saturated rings. The van der Waals surface area contributed by atoms with Gasteiger partial charge in [-0.1, -0.05) is 13.8 Å². The van der Waals surface area contributed by atoms with E-state index in [2.05, 4.69) is 5.32 Å². The SMILES string of the molecule is CC(C)CC(O)CNC(=O)Cn1cc(N)ccc1=O. The number of carbonyl (C=O) groups excluding carboxylic acids is 1. The van der Waals surface area contributed by atoms with Crippen LogP contribution < -0.4 is 16.6 Å². The highest BCUT2D eigenvalue weighted by Gasteiger charge is 2.09. The van der Waals surface area contributed by atoms with Crippen LogP contribution in [0.4, 0.5) is 5.69 Å². The zero-order chi connectivity index (χ0) is 14.4. The first kappa shape index (κ1) is 15.2. The van der Waals surface area contributed by atoms with Crippen molar-refractivity contribution >= 4 is 11.6 Å². The number of amides is 1. The molecule has 4 N–H and O–H groups in total. The topological polar surface area (TPSA) is 97.3 Å². The molecular weight excluding hydrogens is 246 g/mol. The van der Waals surface area contributed by atoms with E-state index >= 15 is 0 Å². The minimum Gasteiger partial charge on any atom is -0.398 e. The molecule has 6 heteroatoms. The largest absolute Gasteiger partial charge is 0.398 e. The summed E-state index contributed by atoms with van der Waals surface area (Å²) in [5.41, 5.74) is 5.69. The fourth-order valence-corrected chi connectivity index (χ4v) is 1.74. The van der Waals surface area contributed by atoms with Crippen LogP contribution in [-0.2, 0) is 11.3 Å². The number of carbonyl (C=O) groups is 1. The molecule has 1 aromatic rings. The highest BCUT2D eigenvalue weighted by atomic mass is 16.3. The molecule has 0 saturated carbocycles. The summed E-state index contributed by atoms with van der Waals surface area (Å²) in [6.07, 6.45) is 1.48. The van der Waals surface area contributed by atoms with Crippen LogP contribution >= 0.6 is 0 Å². The number of rotatable bonds is 6. The maximum absolute atomic E-state index is 11.6. The zero-order valence-electron chi connectivity index (χ0n) is 11.3. The van der Waals surface area contributed by atoms with Crippen LogP contribution in [0.25, 0.3) is 0 Å². The Labute approximate surface area is 112 Å². The van der Waals surface area contributed by atoms with Gasteiger partial charge in [0, 0.05) is 24.5 Å². The third-order valence-electron chi connectivity index (χ3n) is 2.60. The van der Waals surface area contributed by atoms with E-state index < -0.39 is 6.10 Å². The van der Waals surface area contributed by atoms with E-state index in [1.54, 1.807) is 0 Å². The maximum Gasteiger partial charge on any atom is 0.251 e. The lowest BCUT2D eigenvalue weighted by Crippen LogP contribution is -2.36. The fraction of sp³-hybridized carbons (Fsp3) is 0.538. The van der Waals surface area contributed by atoms with Gasteiger partial charge in [0.1, 0.15) is 6.54 Å². The minimum absolute atomic E-state index is 0.0989. The number of hydrogen-bond acceptors (Lipinski definition) is 4. The molecule has 0 bridgehead atoms. The Hall–Kier alpha value is -1.82. The molecule has 106 valence electrons. The Bertz CT molecular complexity index is 482. The molecule has 1 amide bonds. The number of nitrogens with two attached hydrogens (primary N) is 1. The van der Waals surface area contributed by atoms with Crippen molar-refractivity contribution in [3.63, 3.8) is 0 Å². The Morgan fingerprint density at radius 2 is 2.16 bits per heavy atom. The third kappa shape index (κ3) is 5.56. The summed E-state index contributed by atoms with van der Waals surface area (Å²) >= 11 is 0. The van der Waals surface area contributed by atoms with Crippen LogP contribution in [0.5, 0.6) is 0 Å². The predicted octanol–water partition coefficient (Wildman–Crippen LogP) is -0.0463. The molecule has 0 aliphatic carbocycles. The van der Waals surface area contributed by atoms with Crippen LogP contribution in [0.3, 0.4) is 0 Å². The summed E-state index contributed by atoms with van der Waals surface area (Å²) in [6, 6.07) is 2.80. The van der Waals surface area contributed by atoms with Gasteiger partial charge in [-0.3, -0.25) is 9.59 Å². The molecule has 0 aliphatic rings. The van der Waals surface area contributed by atoms with Crippen molar-refractivity contribution in [3.8, 4) is 0 Å². The van der Waals surface area contributed by atoms with Crippen molar-refractivity contribution in [1.29, 1.82) is 0 Å². The van der Waals surface area contributed by atoms with Gasteiger partial charge in [0.15, 0.2) is 0 Å². The van der Waals surface area contributed by atoms with Gasteiger partial charge in [0.2, 0.25) is 5.91 Å². The van der Waals surface area contributed by atoms with E-state index in [9.17, 15) is 14.7 Å². The zero-order valence-corrected chi connectivity index (χ0v) is 11.3. The highest BCUT2D eigenvalue weighted by molar-refractivity contribution is 5.75. The number of aliphatic hydroxyl groups is 1. The molecular formula is C13H21N3O3. The lowest BCUT2D eigenvalue weighted by Gasteiger charge is -2.14. The van der Waals surface area contributed by atoms with Crippen molar-refractivity contribution in [2.45, 2.75) is 32.9 Å². The summed E-state index contributed by atoms with van der Waals surface area (Å²) < 4.78 is 1.24. The Morgan fingerprint density at radius 3 is 2.79 bits per heavy atom. The molecule has 1 unspecified atom stereocenters. The van der Waals surface area contributed by atoms with Gasteiger partial charge in [0.05, 0.1) is 6.10 Å². The molecule has 0 spiro atoms. The predicted molar refractivity (Wildman–Crippen MR) is 73.6 cm³/mol. The van der Waals surface area contributed by atoms with Crippen molar-refractivity contribution in [1.82, 2.24) is 9.88 Å². The van der Waals surface area contributed by atoms with Gasteiger partial charge in [-0.2, -0.15) is 0 Å². The summed E-state index contributed by atoms with van der Waals surface area (Å²) in [4.78, 5) is 23.1. The number of nitrogens with one attached hydrogen (secondary N) is 1.